The average Bonchev–Trinajstić information content (AvgIpc) is 3.06. The fourth-order valence-electron chi connectivity index (χ4n) is 3.18. The molecule has 0 amide bonds. The summed E-state index contributed by atoms with van der Waals surface area (Å²) in [6, 6.07) is 2.04. The van der Waals surface area contributed by atoms with Crippen molar-refractivity contribution in [2.24, 2.45) is 11.8 Å². The Morgan fingerprint density at radius 1 is 1.23 bits per heavy atom. The summed E-state index contributed by atoms with van der Waals surface area (Å²) in [5.41, 5.74) is 1.22. The normalized spacial score (nSPS) is 22.5. The molecule has 2 aromatic rings. The Labute approximate surface area is 130 Å². The first-order chi connectivity index (χ1) is 10.9. The zero-order chi connectivity index (χ0) is 14.8. The average molecular weight is 301 g/mol. The van der Waals surface area contributed by atoms with E-state index in [0.717, 1.165) is 51.1 Å². The van der Waals surface area contributed by atoms with E-state index in [9.17, 15) is 0 Å². The van der Waals surface area contributed by atoms with Crippen molar-refractivity contribution in [2.75, 3.05) is 19.8 Å². The third-order valence-electron chi connectivity index (χ3n) is 4.53. The molecule has 1 aliphatic heterocycles. The number of nitrogens with zero attached hydrogens (tertiary/aromatic N) is 3. The van der Waals surface area contributed by atoms with Crippen molar-refractivity contribution in [3.05, 3.63) is 42.4 Å². The van der Waals surface area contributed by atoms with Gasteiger partial charge in [-0.1, -0.05) is 0 Å². The van der Waals surface area contributed by atoms with Gasteiger partial charge in [-0.25, -0.2) is 4.98 Å². The Kier molecular flexibility index (Phi) is 3.99. The molecule has 2 aromatic heterocycles. The molecule has 0 spiro atoms. The van der Waals surface area contributed by atoms with Gasteiger partial charge < -0.3 is 13.7 Å². The van der Waals surface area contributed by atoms with E-state index in [2.05, 4.69) is 20.6 Å². The van der Waals surface area contributed by atoms with Crippen LogP contribution in [0.25, 0.3) is 0 Å². The molecular formula is C17H23N3O2. The summed E-state index contributed by atoms with van der Waals surface area (Å²) in [7, 11) is 0. The number of furan rings is 1. The van der Waals surface area contributed by atoms with Gasteiger partial charge in [-0.3, -0.25) is 4.90 Å². The van der Waals surface area contributed by atoms with Crippen molar-refractivity contribution in [3.63, 3.8) is 0 Å². The molecule has 5 heteroatoms. The summed E-state index contributed by atoms with van der Waals surface area (Å²) in [6.07, 6.45) is 10.3. The van der Waals surface area contributed by atoms with Crippen molar-refractivity contribution in [1.82, 2.24) is 14.5 Å². The molecule has 22 heavy (non-hydrogen) atoms. The van der Waals surface area contributed by atoms with Crippen LogP contribution < -0.4 is 0 Å². The number of aromatic nitrogens is 2. The monoisotopic (exact) mass is 301 g/mol. The van der Waals surface area contributed by atoms with Gasteiger partial charge in [-0.15, -0.1) is 0 Å². The molecule has 0 radical (unpaired) electrons. The summed E-state index contributed by atoms with van der Waals surface area (Å²) in [5.74, 6) is 2.49. The summed E-state index contributed by atoms with van der Waals surface area (Å²) < 4.78 is 13.4. The minimum Gasteiger partial charge on any atom is -0.472 e. The zero-order valence-electron chi connectivity index (χ0n) is 12.9. The van der Waals surface area contributed by atoms with Crippen LogP contribution in [0.4, 0.5) is 0 Å². The summed E-state index contributed by atoms with van der Waals surface area (Å²) >= 11 is 0. The first-order valence-electron chi connectivity index (χ1n) is 8.18. The van der Waals surface area contributed by atoms with Crippen molar-refractivity contribution in [2.45, 2.75) is 32.5 Å². The molecule has 0 bridgehead atoms. The van der Waals surface area contributed by atoms with E-state index in [0.29, 0.717) is 5.92 Å². The predicted molar refractivity (Wildman–Crippen MR) is 82.1 cm³/mol. The standard InChI is InChI=1S/C17H23N3O2/c1-2-14(1)11-22-13-16-8-19(7-15-3-6-21-12-15)10-17-18-4-5-20(17)9-16/h3-6,12,14,16H,1-2,7-11,13H2/t16-/m1/s1. The van der Waals surface area contributed by atoms with Crippen LogP contribution in [0.2, 0.25) is 0 Å². The van der Waals surface area contributed by atoms with Crippen molar-refractivity contribution < 1.29 is 9.15 Å². The molecule has 1 atom stereocenters. The Morgan fingerprint density at radius 3 is 2.95 bits per heavy atom. The minimum absolute atomic E-state index is 0.515. The van der Waals surface area contributed by atoms with Crippen LogP contribution >= 0.6 is 0 Å². The van der Waals surface area contributed by atoms with Gasteiger partial charge in [0.2, 0.25) is 0 Å². The van der Waals surface area contributed by atoms with E-state index in [1.807, 2.05) is 18.5 Å². The van der Waals surface area contributed by atoms with Crippen LogP contribution in [0.3, 0.4) is 0 Å². The van der Waals surface area contributed by atoms with Crippen LogP contribution in [0.5, 0.6) is 0 Å². The first kappa shape index (κ1) is 14.0. The smallest absolute Gasteiger partial charge is 0.122 e. The highest BCUT2D eigenvalue weighted by molar-refractivity contribution is 5.06. The van der Waals surface area contributed by atoms with E-state index in [1.165, 1.54) is 18.4 Å². The molecule has 2 aliphatic rings. The maximum absolute atomic E-state index is 5.95. The molecule has 0 aromatic carbocycles. The number of fused-ring (bicyclic) bond motifs is 1. The van der Waals surface area contributed by atoms with Gasteiger partial charge in [0.05, 0.1) is 25.7 Å². The molecule has 118 valence electrons. The van der Waals surface area contributed by atoms with Gasteiger partial charge in [0.1, 0.15) is 5.82 Å². The number of rotatable bonds is 6. The van der Waals surface area contributed by atoms with Crippen molar-refractivity contribution >= 4 is 0 Å². The molecule has 0 saturated heterocycles. The molecule has 5 nitrogen and oxygen atoms in total. The van der Waals surface area contributed by atoms with Crippen LogP contribution in [-0.2, 0) is 24.4 Å². The van der Waals surface area contributed by atoms with E-state index < -0.39 is 0 Å². The molecule has 0 unspecified atom stereocenters. The Hall–Kier alpha value is -1.59. The fraction of sp³-hybridized carbons (Fsp3) is 0.588. The van der Waals surface area contributed by atoms with Gasteiger partial charge in [0, 0.05) is 50.1 Å². The van der Waals surface area contributed by atoms with Crippen molar-refractivity contribution in [1.29, 1.82) is 0 Å². The van der Waals surface area contributed by atoms with Crippen LogP contribution in [-0.4, -0.2) is 34.2 Å². The SMILES string of the molecule is c1cn2c(n1)CN(Cc1ccoc1)C[C@@H](COCC1CC1)C2. The van der Waals surface area contributed by atoms with Gasteiger partial charge in [-0.2, -0.15) is 0 Å². The molecule has 4 rings (SSSR count). The Balaban J connectivity index is 1.42. The molecule has 1 saturated carbocycles. The Bertz CT molecular complexity index is 589. The largest absolute Gasteiger partial charge is 0.472 e. The minimum atomic E-state index is 0.515. The number of hydrogen-bond donors (Lipinski definition) is 0. The summed E-state index contributed by atoms with van der Waals surface area (Å²) in [5, 5.41) is 0. The second-order valence-electron chi connectivity index (χ2n) is 6.64. The van der Waals surface area contributed by atoms with Crippen LogP contribution in [0.15, 0.2) is 35.4 Å². The van der Waals surface area contributed by atoms with Crippen molar-refractivity contribution in [3.8, 4) is 0 Å². The topological polar surface area (TPSA) is 43.4 Å². The predicted octanol–water partition coefficient (Wildman–Crippen LogP) is 2.53. The van der Waals surface area contributed by atoms with E-state index in [4.69, 9.17) is 9.15 Å². The molecule has 1 fully saturated rings. The molecular weight excluding hydrogens is 278 g/mol. The second-order valence-corrected chi connectivity index (χ2v) is 6.64. The van der Waals surface area contributed by atoms with E-state index in [-0.39, 0.29) is 0 Å². The Morgan fingerprint density at radius 2 is 2.14 bits per heavy atom. The zero-order valence-corrected chi connectivity index (χ0v) is 12.9. The molecule has 1 aliphatic carbocycles. The van der Waals surface area contributed by atoms with Gasteiger partial charge >= 0.3 is 0 Å². The third kappa shape index (κ3) is 3.42. The lowest BCUT2D eigenvalue weighted by Crippen LogP contribution is -2.30. The highest BCUT2D eigenvalue weighted by Gasteiger charge is 2.25. The number of hydrogen-bond acceptors (Lipinski definition) is 4. The number of ether oxygens (including phenoxy) is 1. The van der Waals surface area contributed by atoms with Crippen LogP contribution in [0.1, 0.15) is 24.2 Å². The highest BCUT2D eigenvalue weighted by atomic mass is 16.5. The van der Waals surface area contributed by atoms with Crippen LogP contribution in [0, 0.1) is 11.8 Å². The van der Waals surface area contributed by atoms with Gasteiger partial charge in [0.15, 0.2) is 0 Å². The van der Waals surface area contributed by atoms with E-state index >= 15 is 0 Å². The van der Waals surface area contributed by atoms with Gasteiger partial charge in [0.25, 0.3) is 0 Å². The number of imidazole rings is 1. The fourth-order valence-corrected chi connectivity index (χ4v) is 3.18. The summed E-state index contributed by atoms with van der Waals surface area (Å²) in [4.78, 5) is 6.95. The first-order valence-corrected chi connectivity index (χ1v) is 8.18. The maximum Gasteiger partial charge on any atom is 0.122 e. The quantitative estimate of drug-likeness (QED) is 0.822. The lowest BCUT2D eigenvalue weighted by atomic mass is 10.1. The third-order valence-corrected chi connectivity index (χ3v) is 4.53. The highest BCUT2D eigenvalue weighted by Crippen LogP contribution is 2.29. The molecule has 0 N–H and O–H groups in total. The molecule has 3 heterocycles. The maximum atomic E-state index is 5.95. The lowest BCUT2D eigenvalue weighted by molar-refractivity contribution is 0.0705. The van der Waals surface area contributed by atoms with E-state index in [1.54, 1.807) is 6.26 Å². The second kappa shape index (κ2) is 6.26. The lowest BCUT2D eigenvalue weighted by Gasteiger charge is -2.23. The van der Waals surface area contributed by atoms with Gasteiger partial charge in [-0.05, 0) is 24.8 Å². The summed E-state index contributed by atoms with van der Waals surface area (Å²) in [6.45, 7) is 5.62.